The van der Waals surface area contributed by atoms with Crippen LogP contribution in [0, 0.1) is 23.6 Å². The van der Waals surface area contributed by atoms with Crippen LogP contribution in [0.2, 0.25) is 0 Å². The zero-order valence-corrected chi connectivity index (χ0v) is 4.78. The van der Waals surface area contributed by atoms with Crippen molar-refractivity contribution in [2.24, 2.45) is 5.73 Å². The highest BCUT2D eigenvalue weighted by Gasteiger charge is 1.58. The smallest absolute Gasteiger partial charge is 0.189 e. The lowest BCUT2D eigenvalue weighted by atomic mass is 11.2. The molecule has 0 unspecified atom stereocenters. The SMILES string of the molecule is C#C[SiH2]C#CN. The number of rotatable bonds is 0. The van der Waals surface area contributed by atoms with Crippen LogP contribution in [-0.2, 0) is 0 Å². The van der Waals surface area contributed by atoms with Gasteiger partial charge in [-0.15, -0.1) is 17.5 Å². The third-order valence-corrected chi connectivity index (χ3v) is 0.878. The number of nitrogens with two attached hydrogens (primary N) is 1. The lowest BCUT2D eigenvalue weighted by Gasteiger charge is -1.58. The average molecular weight is 95.2 g/mol. The van der Waals surface area contributed by atoms with Gasteiger partial charge in [-0.05, 0) is 6.04 Å². The van der Waals surface area contributed by atoms with Crippen LogP contribution in [0.15, 0.2) is 0 Å². The molecule has 2 heteroatoms. The molecular formula is C4H5NSi. The van der Waals surface area contributed by atoms with Crippen LogP contribution in [0.3, 0.4) is 0 Å². The molecule has 0 fully saturated rings. The summed E-state index contributed by atoms with van der Waals surface area (Å²) in [6, 6.07) is 2.24. The fourth-order valence-corrected chi connectivity index (χ4v) is 0.306. The lowest BCUT2D eigenvalue weighted by molar-refractivity contribution is 1.75. The van der Waals surface area contributed by atoms with Crippen LogP contribution in [0.4, 0.5) is 0 Å². The van der Waals surface area contributed by atoms with Crippen molar-refractivity contribution in [3.63, 3.8) is 0 Å². The first kappa shape index (κ1) is 5.14. The van der Waals surface area contributed by atoms with Crippen LogP contribution in [0.25, 0.3) is 0 Å². The third kappa shape index (κ3) is 3.14. The molecule has 0 aromatic heterocycles. The summed E-state index contributed by atoms with van der Waals surface area (Å²) in [4.78, 5) is 0. The molecule has 0 bridgehead atoms. The molecule has 0 aromatic carbocycles. The molecule has 0 aliphatic rings. The minimum atomic E-state index is -0.537. The van der Waals surface area contributed by atoms with E-state index in [1.807, 2.05) is 0 Å². The Kier molecular flexibility index (Phi) is 3.54. The van der Waals surface area contributed by atoms with Gasteiger partial charge >= 0.3 is 0 Å². The zero-order valence-electron chi connectivity index (χ0n) is 3.36. The lowest BCUT2D eigenvalue weighted by Crippen LogP contribution is -1.81. The van der Waals surface area contributed by atoms with Crippen molar-refractivity contribution in [3.8, 4) is 23.6 Å². The van der Waals surface area contributed by atoms with Gasteiger partial charge in [-0.25, -0.2) is 0 Å². The maximum absolute atomic E-state index is 4.87. The summed E-state index contributed by atoms with van der Waals surface area (Å²) >= 11 is 0. The van der Waals surface area contributed by atoms with Gasteiger partial charge in [0.25, 0.3) is 0 Å². The van der Waals surface area contributed by atoms with Crippen LogP contribution in [0.5, 0.6) is 0 Å². The fourth-order valence-electron chi connectivity index (χ4n) is 0.102. The molecule has 0 saturated heterocycles. The third-order valence-electron chi connectivity index (χ3n) is 0.293. The molecule has 0 rings (SSSR count). The molecule has 0 amide bonds. The number of hydrogen-bond donors (Lipinski definition) is 1. The Morgan fingerprint density at radius 1 is 1.67 bits per heavy atom. The highest BCUT2D eigenvalue weighted by Crippen LogP contribution is 1.41. The van der Waals surface area contributed by atoms with E-state index in [0.29, 0.717) is 0 Å². The van der Waals surface area contributed by atoms with Gasteiger partial charge in [0.05, 0.1) is 0 Å². The zero-order chi connectivity index (χ0) is 4.83. The minimum Gasteiger partial charge on any atom is -0.360 e. The van der Waals surface area contributed by atoms with Gasteiger partial charge in [-0.3, -0.25) is 0 Å². The maximum Gasteiger partial charge on any atom is 0.189 e. The Bertz CT molecular complexity index is 112. The quantitative estimate of drug-likeness (QED) is 0.224. The van der Waals surface area contributed by atoms with E-state index >= 15 is 0 Å². The van der Waals surface area contributed by atoms with E-state index in [4.69, 9.17) is 12.2 Å². The topological polar surface area (TPSA) is 26.0 Å². The van der Waals surface area contributed by atoms with E-state index in [1.54, 1.807) is 0 Å². The Morgan fingerprint density at radius 2 is 2.33 bits per heavy atom. The molecule has 0 aliphatic carbocycles. The van der Waals surface area contributed by atoms with Gasteiger partial charge in [0, 0.05) is 0 Å². The molecule has 0 saturated carbocycles. The van der Waals surface area contributed by atoms with Crippen molar-refractivity contribution in [3.05, 3.63) is 0 Å². The highest BCUT2D eigenvalue weighted by atomic mass is 28.2. The molecule has 0 heterocycles. The monoisotopic (exact) mass is 95.0 g/mol. The standard InChI is InChI=1S/C4H5NSi/c1-2-6-4-3-5/h1H,5-6H2. The predicted octanol–water partition coefficient (Wildman–Crippen LogP) is -1.38. The molecule has 1 nitrogen and oxygen atoms in total. The van der Waals surface area contributed by atoms with Gasteiger partial charge in [0.15, 0.2) is 9.52 Å². The fraction of sp³-hybridized carbons (Fsp3) is 0. The molecular weight excluding hydrogens is 90.1 g/mol. The van der Waals surface area contributed by atoms with E-state index in [1.165, 1.54) is 0 Å². The Labute approximate surface area is 39.7 Å². The summed E-state index contributed by atoms with van der Waals surface area (Å²) in [6.07, 6.45) is 4.87. The van der Waals surface area contributed by atoms with Crippen molar-refractivity contribution >= 4 is 9.52 Å². The summed E-state index contributed by atoms with van der Waals surface area (Å²) in [5.74, 6) is 0. The first-order valence-corrected chi connectivity index (χ1v) is 2.95. The largest absolute Gasteiger partial charge is 0.360 e. The molecule has 30 valence electrons. The van der Waals surface area contributed by atoms with Gasteiger partial charge in [0.1, 0.15) is 0 Å². The molecule has 0 aliphatic heterocycles. The van der Waals surface area contributed by atoms with Gasteiger partial charge in [0.2, 0.25) is 0 Å². The van der Waals surface area contributed by atoms with Crippen LogP contribution < -0.4 is 5.73 Å². The molecule has 0 atom stereocenters. The van der Waals surface area contributed by atoms with E-state index in [9.17, 15) is 0 Å². The Hall–Kier alpha value is -0.863. The van der Waals surface area contributed by atoms with Gasteiger partial charge in [-0.1, -0.05) is 0 Å². The average Bonchev–Trinajstić information content (AvgIpc) is 1.61. The first-order chi connectivity index (χ1) is 2.91. The normalized spacial score (nSPS) is 6.50. The van der Waals surface area contributed by atoms with E-state index < -0.39 is 9.52 Å². The van der Waals surface area contributed by atoms with Crippen molar-refractivity contribution in [2.45, 2.75) is 0 Å². The summed E-state index contributed by atoms with van der Waals surface area (Å²) < 4.78 is 0. The number of hydrogen-bond acceptors (Lipinski definition) is 1. The minimum absolute atomic E-state index is 0.537. The molecule has 0 spiro atoms. The van der Waals surface area contributed by atoms with Gasteiger partial charge < -0.3 is 5.73 Å². The van der Waals surface area contributed by atoms with Crippen LogP contribution in [-0.4, -0.2) is 9.52 Å². The summed E-state index contributed by atoms with van der Waals surface area (Å²) in [5.41, 5.74) is 9.88. The first-order valence-electron chi connectivity index (χ1n) is 1.53. The summed E-state index contributed by atoms with van der Waals surface area (Å²) in [5, 5.41) is 0. The van der Waals surface area contributed by atoms with Crippen molar-refractivity contribution < 1.29 is 0 Å². The predicted molar refractivity (Wildman–Crippen MR) is 29.3 cm³/mol. The maximum atomic E-state index is 4.87. The van der Waals surface area contributed by atoms with Crippen molar-refractivity contribution in [2.75, 3.05) is 0 Å². The Morgan fingerprint density at radius 3 is 2.50 bits per heavy atom. The molecule has 6 heavy (non-hydrogen) atoms. The van der Waals surface area contributed by atoms with E-state index in [2.05, 4.69) is 17.1 Å². The molecule has 0 radical (unpaired) electrons. The molecule has 0 aromatic rings. The van der Waals surface area contributed by atoms with Crippen molar-refractivity contribution in [1.82, 2.24) is 0 Å². The second-order valence-corrected chi connectivity index (χ2v) is 1.82. The van der Waals surface area contributed by atoms with E-state index in [0.717, 1.165) is 0 Å². The molecule has 2 N–H and O–H groups in total. The highest BCUT2D eigenvalue weighted by molar-refractivity contribution is 6.55. The van der Waals surface area contributed by atoms with Gasteiger partial charge in [-0.2, -0.15) is 0 Å². The van der Waals surface area contributed by atoms with E-state index in [-0.39, 0.29) is 0 Å². The Balaban J connectivity index is 3.07. The van der Waals surface area contributed by atoms with Crippen LogP contribution in [0.1, 0.15) is 0 Å². The second-order valence-electron chi connectivity index (χ2n) is 0.702. The number of terminal acetylenes is 1. The summed E-state index contributed by atoms with van der Waals surface area (Å²) in [7, 11) is -0.537. The van der Waals surface area contributed by atoms with Crippen molar-refractivity contribution in [1.29, 1.82) is 0 Å². The summed E-state index contributed by atoms with van der Waals surface area (Å²) in [6.45, 7) is 0. The van der Waals surface area contributed by atoms with Crippen LogP contribution >= 0.6 is 0 Å². The second kappa shape index (κ2) is 4.14.